The van der Waals surface area contributed by atoms with E-state index in [1.807, 2.05) is 59.1 Å². The first-order valence-corrected chi connectivity index (χ1v) is 4.83. The van der Waals surface area contributed by atoms with Gasteiger partial charge in [0.1, 0.15) is 0 Å². The van der Waals surface area contributed by atoms with Crippen molar-refractivity contribution in [2.24, 2.45) is 7.05 Å². The van der Waals surface area contributed by atoms with Crippen molar-refractivity contribution in [3.63, 3.8) is 0 Å². The van der Waals surface area contributed by atoms with E-state index in [1.165, 1.54) is 0 Å². The fraction of sp³-hybridized carbons (Fsp3) is 0.0909. The van der Waals surface area contributed by atoms with Crippen LogP contribution in [0.2, 0.25) is 0 Å². The molecule has 0 atom stereocenters. The molecule has 2 aromatic heterocycles. The van der Waals surface area contributed by atoms with Crippen molar-refractivity contribution >= 4 is 11.0 Å². The number of hydrogen-bond acceptors (Lipinski definition) is 1. The van der Waals surface area contributed by atoms with Gasteiger partial charge in [0.15, 0.2) is 13.2 Å². The van der Waals surface area contributed by atoms with E-state index in [0.717, 1.165) is 17.0 Å². The van der Waals surface area contributed by atoms with E-state index in [4.69, 9.17) is 0 Å². The molecule has 1 N–H and O–H groups in total. The predicted octanol–water partition coefficient (Wildman–Crippen LogP) is 1.18. The number of nitrogens with one attached hydrogen (secondary N) is 1. The molecule has 0 saturated carbocycles. The summed E-state index contributed by atoms with van der Waals surface area (Å²) in [6, 6.07) is 9.99. The quantitative estimate of drug-likeness (QED) is 0.587. The molecule has 0 fully saturated rings. The smallest absolute Gasteiger partial charge is 0.266 e. The third-order valence-corrected chi connectivity index (χ3v) is 2.46. The number of benzene rings is 1. The lowest BCUT2D eigenvalue weighted by atomic mass is 10.3. The van der Waals surface area contributed by atoms with Crippen LogP contribution in [0.5, 0.6) is 0 Å². The van der Waals surface area contributed by atoms with Crippen LogP contribution in [0.1, 0.15) is 0 Å². The highest BCUT2D eigenvalue weighted by Crippen LogP contribution is 2.11. The maximum Gasteiger partial charge on any atom is 0.266 e. The van der Waals surface area contributed by atoms with Crippen LogP contribution in [0.4, 0.5) is 0 Å². The molecule has 0 aliphatic carbocycles. The van der Waals surface area contributed by atoms with Gasteiger partial charge in [-0.05, 0) is 12.1 Å². The van der Waals surface area contributed by atoms with Crippen molar-refractivity contribution in [1.82, 2.24) is 14.6 Å². The van der Waals surface area contributed by atoms with Crippen LogP contribution in [-0.4, -0.2) is 14.6 Å². The zero-order valence-electron chi connectivity index (χ0n) is 8.38. The summed E-state index contributed by atoms with van der Waals surface area (Å²) in [5.41, 5.74) is 2.04. The summed E-state index contributed by atoms with van der Waals surface area (Å²) < 4.78 is 3.93. The van der Waals surface area contributed by atoms with Crippen LogP contribution >= 0.6 is 0 Å². The molecule has 4 heteroatoms. The molecule has 0 radical (unpaired) electrons. The number of fused-ring (bicyclic) bond motifs is 1. The summed E-state index contributed by atoms with van der Waals surface area (Å²) in [5.74, 6) is 0.837. The summed E-state index contributed by atoms with van der Waals surface area (Å²) in [7, 11) is 1.98. The van der Waals surface area contributed by atoms with E-state index in [9.17, 15) is 0 Å². The highest BCUT2D eigenvalue weighted by atomic mass is 15.4. The molecule has 0 aliphatic rings. The Bertz CT molecular complexity index is 573. The Labute approximate surface area is 86.8 Å². The number of nitrogens with zero attached hydrogens (tertiary/aromatic N) is 3. The van der Waals surface area contributed by atoms with Crippen molar-refractivity contribution in [2.75, 3.05) is 0 Å². The van der Waals surface area contributed by atoms with E-state index in [0.29, 0.717) is 0 Å². The number of hydrogen-bond donors (Lipinski definition) is 1. The van der Waals surface area contributed by atoms with Crippen molar-refractivity contribution in [2.45, 2.75) is 0 Å². The Kier molecular flexibility index (Phi) is 1.62. The van der Waals surface area contributed by atoms with Gasteiger partial charge in [-0.2, -0.15) is 0 Å². The Balaban J connectivity index is 2.24. The maximum atomic E-state index is 4.50. The number of para-hydroxylation sites is 2. The van der Waals surface area contributed by atoms with E-state index < -0.39 is 0 Å². The molecule has 1 aromatic carbocycles. The molecular formula is C11H11N4+. The van der Waals surface area contributed by atoms with Gasteiger partial charge in [0.25, 0.3) is 5.95 Å². The number of aromatic amines is 1. The van der Waals surface area contributed by atoms with Crippen LogP contribution in [0.25, 0.3) is 17.0 Å². The van der Waals surface area contributed by atoms with Crippen LogP contribution in [0.15, 0.2) is 42.7 Å². The number of imidazole rings is 1. The van der Waals surface area contributed by atoms with Crippen LogP contribution in [-0.2, 0) is 7.05 Å². The van der Waals surface area contributed by atoms with Crippen molar-refractivity contribution < 1.29 is 4.68 Å². The third kappa shape index (κ3) is 1.22. The lowest BCUT2D eigenvalue weighted by molar-refractivity contribution is -0.744. The Hall–Kier alpha value is -2.10. The number of rotatable bonds is 1. The Morgan fingerprint density at radius 3 is 2.87 bits per heavy atom. The molecule has 2 heterocycles. The molecule has 0 amide bonds. The summed E-state index contributed by atoms with van der Waals surface area (Å²) in [6.45, 7) is 0. The number of H-pyrrole nitrogens is 1. The van der Waals surface area contributed by atoms with Crippen LogP contribution in [0.3, 0.4) is 0 Å². The first-order chi connectivity index (χ1) is 7.34. The molecule has 0 unspecified atom stereocenters. The monoisotopic (exact) mass is 199 g/mol. The highest BCUT2D eigenvalue weighted by molar-refractivity contribution is 5.75. The molecule has 4 nitrogen and oxygen atoms in total. The minimum Gasteiger partial charge on any atom is -0.319 e. The van der Waals surface area contributed by atoms with Crippen molar-refractivity contribution in [3.8, 4) is 5.95 Å². The zero-order chi connectivity index (χ0) is 10.3. The molecule has 0 aliphatic heterocycles. The molecule has 74 valence electrons. The predicted molar refractivity (Wildman–Crippen MR) is 56.6 cm³/mol. The summed E-state index contributed by atoms with van der Waals surface area (Å²) in [5, 5.41) is 0. The number of aryl methyl sites for hydroxylation is 1. The average molecular weight is 199 g/mol. The van der Waals surface area contributed by atoms with Gasteiger partial charge in [-0.25, -0.2) is 4.98 Å². The molecule has 3 rings (SSSR count). The lowest BCUT2D eigenvalue weighted by Gasteiger charge is -1.92. The third-order valence-electron chi connectivity index (χ3n) is 2.46. The van der Waals surface area contributed by atoms with Gasteiger partial charge in [0.05, 0.1) is 17.2 Å². The summed E-state index contributed by atoms with van der Waals surface area (Å²) in [4.78, 5) is 7.77. The summed E-state index contributed by atoms with van der Waals surface area (Å²) in [6.07, 6.45) is 3.95. The molecule has 0 spiro atoms. The topological polar surface area (TPSA) is 37.5 Å². The largest absolute Gasteiger partial charge is 0.319 e. The number of aromatic nitrogens is 4. The van der Waals surface area contributed by atoms with Gasteiger partial charge in [-0.1, -0.05) is 16.8 Å². The maximum absolute atomic E-state index is 4.50. The van der Waals surface area contributed by atoms with Gasteiger partial charge in [0.2, 0.25) is 0 Å². The standard InChI is InChI=1S/C11H11N4/c1-14-7-4-8-15(14)11-12-9-5-2-3-6-10(9)13-11/h2-8H,1H3,(H,12,13)/q+1. The van der Waals surface area contributed by atoms with Crippen molar-refractivity contribution in [3.05, 3.63) is 42.7 Å². The van der Waals surface area contributed by atoms with E-state index in [1.54, 1.807) is 0 Å². The molecule has 3 aromatic rings. The van der Waals surface area contributed by atoms with Gasteiger partial charge in [-0.15, -0.1) is 4.68 Å². The minimum absolute atomic E-state index is 0.837. The molecule has 0 saturated heterocycles. The Morgan fingerprint density at radius 2 is 2.13 bits per heavy atom. The van der Waals surface area contributed by atoms with E-state index in [-0.39, 0.29) is 0 Å². The molecule has 0 bridgehead atoms. The van der Waals surface area contributed by atoms with Gasteiger partial charge in [0, 0.05) is 6.07 Å². The van der Waals surface area contributed by atoms with Gasteiger partial charge >= 0.3 is 0 Å². The first-order valence-electron chi connectivity index (χ1n) is 4.83. The molecule has 15 heavy (non-hydrogen) atoms. The second-order valence-corrected chi connectivity index (χ2v) is 3.49. The minimum atomic E-state index is 0.837. The van der Waals surface area contributed by atoms with Gasteiger partial charge < -0.3 is 4.98 Å². The molecular weight excluding hydrogens is 188 g/mol. The van der Waals surface area contributed by atoms with Gasteiger partial charge in [-0.3, -0.25) is 0 Å². The van der Waals surface area contributed by atoms with Crippen LogP contribution < -0.4 is 4.68 Å². The second-order valence-electron chi connectivity index (χ2n) is 3.49. The average Bonchev–Trinajstić information content (AvgIpc) is 2.82. The van der Waals surface area contributed by atoms with E-state index in [2.05, 4.69) is 9.97 Å². The lowest BCUT2D eigenvalue weighted by Crippen LogP contribution is -2.37. The normalized spacial score (nSPS) is 11.0. The van der Waals surface area contributed by atoms with Crippen LogP contribution in [0, 0.1) is 0 Å². The Morgan fingerprint density at radius 1 is 1.27 bits per heavy atom. The van der Waals surface area contributed by atoms with E-state index >= 15 is 0 Å². The second kappa shape index (κ2) is 2.95. The zero-order valence-corrected chi connectivity index (χ0v) is 8.38. The fourth-order valence-corrected chi connectivity index (χ4v) is 1.69. The van der Waals surface area contributed by atoms with Crippen molar-refractivity contribution in [1.29, 1.82) is 0 Å². The fourth-order valence-electron chi connectivity index (χ4n) is 1.69. The first kappa shape index (κ1) is 8.23. The summed E-state index contributed by atoms with van der Waals surface area (Å²) >= 11 is 0. The SMILES string of the molecule is C[n+]1cccn1-c1nc2ccccc2[nH]1. The highest BCUT2D eigenvalue weighted by Gasteiger charge is 2.09.